The Morgan fingerprint density at radius 3 is 0.768 bits per heavy atom. The van der Waals surface area contributed by atoms with Crippen LogP contribution in [0.4, 0.5) is 0 Å². The first-order valence-corrected chi connectivity index (χ1v) is 56.1. The Bertz CT molecular complexity index is 3130. The maximum Gasteiger partial charge on any atom is 0.311 e. The van der Waals surface area contributed by atoms with E-state index in [1.165, 1.54) is 176 Å². The minimum Gasteiger partial charge on any atom is -0.466 e. The highest BCUT2D eigenvalue weighted by Crippen LogP contribution is 2.26. The first kappa shape index (κ1) is 138. The summed E-state index contributed by atoms with van der Waals surface area (Å²) in [7, 11) is 0. The number of carbonyl (C=O) groups excluding carboxylic acids is 6. The van der Waals surface area contributed by atoms with Gasteiger partial charge in [-0.15, -0.1) is 0 Å². The fraction of sp³-hybridized carbons (Fsp3) is 0.800. The summed E-state index contributed by atoms with van der Waals surface area (Å²) in [6.45, 7) is 26.2. The van der Waals surface area contributed by atoms with Gasteiger partial charge in [-0.3, -0.25) is 28.8 Å². The van der Waals surface area contributed by atoms with Crippen LogP contribution in [0.15, 0.2) is 66.7 Å². The summed E-state index contributed by atoms with van der Waals surface area (Å²) in [6.07, 6.45) is 75.9. The zero-order valence-electron chi connectivity index (χ0n) is 87.5. The van der Waals surface area contributed by atoms with Crippen LogP contribution in [0.3, 0.4) is 0 Å². The molecule has 18 nitrogen and oxygen atoms in total. The molecule has 0 atom stereocenters. The SMILES string of the molecule is C.C.C.C.CCCCCCCCOC(=O)CCCCCCCN(CCO)CCCCCCCC(=O)Oc1ccc(CCCCC)c(CCCCC)c1.CCCCCCCCOC(=O)CCCCCCCN(CCO)CCCCCCCC(=O)Oc1ccc(CCCCC)cc1.CCCCCCCCOC(=O)CCCCCCCN(CCO)CCCCCCCC(=O)Oc1cccc(CCCCC)c1. The Hall–Kier alpha value is -5.76. The monoisotopic (exact) mass is 1940 g/mol. The first-order valence-electron chi connectivity index (χ1n) is 56.1. The Morgan fingerprint density at radius 1 is 0.217 bits per heavy atom. The lowest BCUT2D eigenvalue weighted by atomic mass is 9.97. The molecule has 18 heteroatoms. The van der Waals surface area contributed by atoms with Crippen LogP contribution in [0.2, 0.25) is 0 Å². The van der Waals surface area contributed by atoms with Gasteiger partial charge in [0.05, 0.1) is 39.6 Å². The van der Waals surface area contributed by atoms with Gasteiger partial charge in [-0.05, 0) is 246 Å². The van der Waals surface area contributed by atoms with Crippen LogP contribution in [-0.4, -0.2) is 164 Å². The Labute approximate surface area is 850 Å². The highest BCUT2D eigenvalue weighted by atomic mass is 16.6. The van der Waals surface area contributed by atoms with Gasteiger partial charge in [0, 0.05) is 58.2 Å². The van der Waals surface area contributed by atoms with Crippen molar-refractivity contribution < 1.29 is 72.5 Å². The molecule has 0 saturated carbocycles. The lowest BCUT2D eigenvalue weighted by Gasteiger charge is -2.21. The maximum absolute atomic E-state index is 12.6. The van der Waals surface area contributed by atoms with Crippen molar-refractivity contribution in [3.8, 4) is 17.2 Å². The van der Waals surface area contributed by atoms with E-state index in [-0.39, 0.29) is 85.3 Å². The number of hydrogen-bond acceptors (Lipinski definition) is 18. The third-order valence-corrected chi connectivity index (χ3v) is 25.6. The van der Waals surface area contributed by atoms with E-state index in [2.05, 4.69) is 93.5 Å². The molecule has 3 N–H and O–H groups in total. The average Bonchev–Trinajstić information content (AvgIpc) is 0.855. The molecule has 0 saturated heterocycles. The van der Waals surface area contributed by atoms with Gasteiger partial charge in [-0.25, -0.2) is 0 Å². The van der Waals surface area contributed by atoms with E-state index >= 15 is 0 Å². The minimum atomic E-state index is -0.142. The molecule has 138 heavy (non-hydrogen) atoms. The van der Waals surface area contributed by atoms with Crippen molar-refractivity contribution in [3.63, 3.8) is 0 Å². The number of nitrogens with zero attached hydrogens (tertiary/aromatic N) is 3. The summed E-state index contributed by atoms with van der Waals surface area (Å²) >= 11 is 0. The molecule has 3 aromatic carbocycles. The van der Waals surface area contributed by atoms with E-state index in [0.717, 1.165) is 316 Å². The number of ether oxygens (including phenoxy) is 6. The van der Waals surface area contributed by atoms with Crippen molar-refractivity contribution in [2.75, 3.05) is 98.5 Å². The number of aryl methyl sites for hydroxylation is 4. The normalized spacial score (nSPS) is 11.0. The van der Waals surface area contributed by atoms with E-state index in [0.29, 0.717) is 75.6 Å². The van der Waals surface area contributed by atoms with E-state index in [9.17, 15) is 44.1 Å². The van der Waals surface area contributed by atoms with E-state index < -0.39 is 0 Å². The zero-order valence-corrected chi connectivity index (χ0v) is 87.5. The average molecular weight is 1950 g/mol. The van der Waals surface area contributed by atoms with Crippen LogP contribution >= 0.6 is 0 Å². The second-order valence-electron chi connectivity index (χ2n) is 38.2. The van der Waals surface area contributed by atoms with Crippen molar-refractivity contribution >= 4 is 35.8 Å². The fourth-order valence-corrected chi connectivity index (χ4v) is 17.1. The van der Waals surface area contributed by atoms with Crippen LogP contribution in [0.1, 0.15) is 524 Å². The highest BCUT2D eigenvalue weighted by Gasteiger charge is 2.16. The molecule has 0 spiro atoms. The summed E-state index contributed by atoms with van der Waals surface area (Å²) in [5, 5.41) is 28.4. The van der Waals surface area contributed by atoms with Gasteiger partial charge in [-0.1, -0.05) is 372 Å². The summed E-state index contributed by atoms with van der Waals surface area (Å²) < 4.78 is 32.9. The van der Waals surface area contributed by atoms with Crippen molar-refractivity contribution in [2.24, 2.45) is 0 Å². The van der Waals surface area contributed by atoms with Crippen LogP contribution < -0.4 is 14.2 Å². The molecule has 0 heterocycles. The van der Waals surface area contributed by atoms with Crippen LogP contribution in [0, 0.1) is 0 Å². The topological polar surface area (TPSA) is 228 Å². The number of aliphatic hydroxyl groups excluding tert-OH is 3. The van der Waals surface area contributed by atoms with Gasteiger partial charge in [0.2, 0.25) is 0 Å². The second kappa shape index (κ2) is 107. The van der Waals surface area contributed by atoms with Crippen molar-refractivity contribution in [2.45, 2.75) is 528 Å². The third-order valence-electron chi connectivity index (χ3n) is 25.6. The molecular weight excluding hydrogens is 1720 g/mol. The van der Waals surface area contributed by atoms with Crippen molar-refractivity contribution in [1.82, 2.24) is 14.7 Å². The Kier molecular flexibility index (Phi) is 107. The van der Waals surface area contributed by atoms with Gasteiger partial charge in [-0.2, -0.15) is 0 Å². The zero-order chi connectivity index (χ0) is 97.4. The lowest BCUT2D eigenvalue weighted by Crippen LogP contribution is -2.29. The maximum atomic E-state index is 12.6. The molecule has 0 bridgehead atoms. The van der Waals surface area contributed by atoms with Gasteiger partial charge in [0.15, 0.2) is 0 Å². The van der Waals surface area contributed by atoms with Crippen LogP contribution in [-0.2, 0) is 68.7 Å². The molecule has 3 rings (SSSR count). The number of aliphatic hydroxyl groups is 3. The number of rotatable bonds is 94. The molecule has 0 amide bonds. The number of unbranched alkanes of at least 4 members (excludes halogenated alkanes) is 47. The Morgan fingerprint density at radius 2 is 0.457 bits per heavy atom. The van der Waals surface area contributed by atoms with E-state index in [4.69, 9.17) is 28.4 Å². The fourth-order valence-electron chi connectivity index (χ4n) is 17.1. The number of esters is 6. The van der Waals surface area contributed by atoms with Gasteiger partial charge in [0.1, 0.15) is 17.2 Å². The van der Waals surface area contributed by atoms with Gasteiger partial charge < -0.3 is 58.4 Å². The number of benzene rings is 3. The van der Waals surface area contributed by atoms with E-state index in [1.54, 1.807) is 0 Å². The summed E-state index contributed by atoms with van der Waals surface area (Å²) in [5.74, 6) is 1.50. The predicted octanol–water partition coefficient (Wildman–Crippen LogP) is 31.9. The second-order valence-corrected chi connectivity index (χ2v) is 38.2. The molecule has 0 aliphatic carbocycles. The standard InChI is InChI=1S/C42H75NO5.2C37H65NO5.4CH4/c1-4-7-10-11-18-25-36-47-41(45)28-21-14-12-16-23-32-43(34-35-44)33-24-17-13-15-22-29-42(46)48-40-31-30-38(26-19-8-5-2)39(37-40)27-20-9-6-3;1-3-5-7-8-15-21-32-42-36(40)26-17-11-9-13-19-28-38(30-31-39)29-20-14-10-12-18-27-37(41)43-35-25-22-24-34(33-35)23-16-6-4-2;1-3-5-7-8-15-21-33-42-36(40)23-17-11-9-13-19-29-38(31-32-39)30-20-14-10-12-18-24-37(41)43-35-27-25-34(26-28-35)22-16-6-4-2;;;;/h30-31,37,44H,4-29,32-36H2,1-3H3;22,24-25,33,39H,3-21,23,26-32H2,1-2H3;25-28,39H,3-24,29-33H2,1-2H3;4*1H4. The van der Waals surface area contributed by atoms with Crippen LogP contribution in [0.5, 0.6) is 17.2 Å². The quantitative estimate of drug-likeness (QED) is 0.0206. The minimum absolute atomic E-state index is 0. The molecule has 3 aromatic rings. The first-order chi connectivity index (χ1) is 65.7. The summed E-state index contributed by atoms with van der Waals surface area (Å²) in [5.41, 5.74) is 5.31. The van der Waals surface area contributed by atoms with Gasteiger partial charge >= 0.3 is 35.8 Å². The summed E-state index contributed by atoms with van der Waals surface area (Å²) in [4.78, 5) is 79.8. The number of hydrogen-bond donors (Lipinski definition) is 3. The summed E-state index contributed by atoms with van der Waals surface area (Å²) in [6, 6.07) is 22.2. The predicted molar refractivity (Wildman–Crippen MR) is 586 cm³/mol. The number of carbonyl (C=O) groups is 6. The molecule has 0 unspecified atom stereocenters. The Balaban J connectivity index is -0.000000964. The highest BCUT2D eigenvalue weighted by molar-refractivity contribution is 5.73. The van der Waals surface area contributed by atoms with Crippen molar-refractivity contribution in [1.29, 1.82) is 0 Å². The largest absolute Gasteiger partial charge is 0.466 e. The third kappa shape index (κ3) is 90.3. The molecule has 0 radical (unpaired) electrons. The lowest BCUT2D eigenvalue weighted by molar-refractivity contribution is -0.144. The molecular formula is C120H221N3O15. The molecule has 806 valence electrons. The molecule has 0 aliphatic rings. The van der Waals surface area contributed by atoms with Crippen LogP contribution in [0.25, 0.3) is 0 Å². The van der Waals surface area contributed by atoms with E-state index in [1.807, 2.05) is 36.4 Å². The molecule has 0 fully saturated rings. The van der Waals surface area contributed by atoms with Crippen molar-refractivity contribution in [3.05, 3.63) is 89.0 Å². The van der Waals surface area contributed by atoms with Gasteiger partial charge in [0.25, 0.3) is 0 Å². The molecule has 0 aromatic heterocycles. The molecule has 0 aliphatic heterocycles. The smallest absolute Gasteiger partial charge is 0.311 e.